The standard InChI is InChI=1S/C20H28N2O2/c1-20(2,3)24-19(23)22-18(14-9-5-4-6-10-14)16-13-21-17-12-8-7-11-15(16)17/h7-8,11-14,18,21H,4-6,9-10H2,1-3H3,(H,22,23). The summed E-state index contributed by atoms with van der Waals surface area (Å²) in [5, 5.41) is 4.34. The van der Waals surface area contributed by atoms with Crippen molar-refractivity contribution in [2.45, 2.75) is 64.5 Å². The summed E-state index contributed by atoms with van der Waals surface area (Å²) in [4.78, 5) is 15.7. The quantitative estimate of drug-likeness (QED) is 0.802. The molecule has 1 aliphatic rings. The monoisotopic (exact) mass is 328 g/mol. The minimum absolute atomic E-state index is 0.00343. The molecule has 1 aromatic heterocycles. The van der Waals surface area contributed by atoms with Gasteiger partial charge in [-0.25, -0.2) is 4.79 Å². The van der Waals surface area contributed by atoms with E-state index in [1.807, 2.05) is 39.1 Å². The van der Waals surface area contributed by atoms with E-state index in [1.54, 1.807) is 0 Å². The average molecular weight is 328 g/mol. The first-order valence-corrected chi connectivity index (χ1v) is 8.99. The summed E-state index contributed by atoms with van der Waals surface area (Å²) in [5.41, 5.74) is 1.80. The van der Waals surface area contributed by atoms with Crippen molar-refractivity contribution >= 4 is 17.0 Å². The van der Waals surface area contributed by atoms with E-state index in [2.05, 4.69) is 22.4 Å². The molecule has 0 spiro atoms. The van der Waals surface area contributed by atoms with Gasteiger partial charge < -0.3 is 15.0 Å². The summed E-state index contributed by atoms with van der Waals surface area (Å²) >= 11 is 0. The molecule has 1 aromatic carbocycles. The van der Waals surface area contributed by atoms with Crippen molar-refractivity contribution in [3.05, 3.63) is 36.0 Å². The number of benzene rings is 1. The fraction of sp³-hybridized carbons (Fsp3) is 0.550. The first-order valence-electron chi connectivity index (χ1n) is 8.99. The Morgan fingerprint density at radius 1 is 1.21 bits per heavy atom. The number of amides is 1. The first-order chi connectivity index (χ1) is 11.4. The lowest BCUT2D eigenvalue weighted by Crippen LogP contribution is -2.38. The van der Waals surface area contributed by atoms with E-state index < -0.39 is 5.60 Å². The van der Waals surface area contributed by atoms with Gasteiger partial charge in [0.25, 0.3) is 0 Å². The van der Waals surface area contributed by atoms with Gasteiger partial charge in [0.15, 0.2) is 0 Å². The zero-order chi connectivity index (χ0) is 17.2. The van der Waals surface area contributed by atoms with Crippen LogP contribution in [0.4, 0.5) is 4.79 Å². The maximum atomic E-state index is 12.4. The highest BCUT2D eigenvalue weighted by molar-refractivity contribution is 5.84. The zero-order valence-corrected chi connectivity index (χ0v) is 14.9. The number of aromatic nitrogens is 1. The predicted molar refractivity (Wildman–Crippen MR) is 97.0 cm³/mol. The Hall–Kier alpha value is -1.97. The van der Waals surface area contributed by atoms with Crippen LogP contribution in [0.25, 0.3) is 10.9 Å². The predicted octanol–water partition coefficient (Wildman–Crippen LogP) is 5.31. The second-order valence-electron chi connectivity index (χ2n) is 7.81. The molecule has 1 unspecified atom stereocenters. The van der Waals surface area contributed by atoms with Gasteiger partial charge in [-0.2, -0.15) is 0 Å². The van der Waals surface area contributed by atoms with E-state index in [0.29, 0.717) is 5.92 Å². The fourth-order valence-electron chi connectivity index (χ4n) is 3.70. The average Bonchev–Trinajstić information content (AvgIpc) is 2.96. The number of nitrogens with one attached hydrogen (secondary N) is 2. The van der Waals surface area contributed by atoms with Crippen molar-refractivity contribution < 1.29 is 9.53 Å². The molecule has 1 fully saturated rings. The number of hydrogen-bond donors (Lipinski definition) is 2. The molecule has 1 atom stereocenters. The third-order valence-electron chi connectivity index (χ3n) is 4.75. The molecule has 0 bridgehead atoms. The molecule has 0 saturated heterocycles. The highest BCUT2D eigenvalue weighted by atomic mass is 16.6. The van der Waals surface area contributed by atoms with Crippen molar-refractivity contribution in [3.63, 3.8) is 0 Å². The molecule has 3 rings (SSSR count). The number of fused-ring (bicyclic) bond motifs is 1. The molecular weight excluding hydrogens is 300 g/mol. The minimum Gasteiger partial charge on any atom is -0.444 e. The zero-order valence-electron chi connectivity index (χ0n) is 14.9. The largest absolute Gasteiger partial charge is 0.444 e. The lowest BCUT2D eigenvalue weighted by Gasteiger charge is -2.31. The normalized spacial score (nSPS) is 17.6. The molecular formula is C20H28N2O2. The summed E-state index contributed by atoms with van der Waals surface area (Å²) in [6.07, 6.45) is 7.78. The second-order valence-corrected chi connectivity index (χ2v) is 7.81. The van der Waals surface area contributed by atoms with E-state index >= 15 is 0 Å². The van der Waals surface area contributed by atoms with Gasteiger partial charge in [0.1, 0.15) is 5.60 Å². The Balaban J connectivity index is 1.88. The number of carbonyl (C=O) groups excluding carboxylic acids is 1. The summed E-state index contributed by atoms with van der Waals surface area (Å²) < 4.78 is 5.51. The van der Waals surface area contributed by atoms with Gasteiger partial charge >= 0.3 is 6.09 Å². The number of hydrogen-bond acceptors (Lipinski definition) is 2. The van der Waals surface area contributed by atoms with E-state index in [4.69, 9.17) is 4.74 Å². The Labute approximate surface area is 144 Å². The molecule has 2 N–H and O–H groups in total. The molecule has 0 radical (unpaired) electrons. The molecule has 1 heterocycles. The van der Waals surface area contributed by atoms with Crippen LogP contribution in [-0.4, -0.2) is 16.7 Å². The van der Waals surface area contributed by atoms with E-state index in [1.165, 1.54) is 30.2 Å². The maximum Gasteiger partial charge on any atom is 0.408 e. The number of alkyl carbamates (subject to hydrolysis) is 1. The third-order valence-corrected chi connectivity index (χ3v) is 4.75. The van der Waals surface area contributed by atoms with Gasteiger partial charge in [0, 0.05) is 22.7 Å². The molecule has 1 saturated carbocycles. The van der Waals surface area contributed by atoms with Crippen LogP contribution >= 0.6 is 0 Å². The van der Waals surface area contributed by atoms with Crippen LogP contribution in [0.15, 0.2) is 30.5 Å². The van der Waals surface area contributed by atoms with Crippen LogP contribution in [0.1, 0.15) is 64.5 Å². The molecule has 1 amide bonds. The van der Waals surface area contributed by atoms with Gasteiger partial charge in [-0.1, -0.05) is 37.5 Å². The summed E-state index contributed by atoms with van der Waals surface area (Å²) in [6, 6.07) is 8.26. The molecule has 2 aromatic rings. The Morgan fingerprint density at radius 3 is 2.62 bits per heavy atom. The van der Waals surface area contributed by atoms with Crippen LogP contribution < -0.4 is 5.32 Å². The number of H-pyrrole nitrogens is 1. The second kappa shape index (κ2) is 6.88. The maximum absolute atomic E-state index is 12.4. The smallest absolute Gasteiger partial charge is 0.408 e. The van der Waals surface area contributed by atoms with Crippen LogP contribution in [0.2, 0.25) is 0 Å². The number of rotatable bonds is 3. The molecule has 1 aliphatic carbocycles. The van der Waals surface area contributed by atoms with Crippen LogP contribution in [0, 0.1) is 5.92 Å². The molecule has 0 aliphatic heterocycles. The molecule has 4 nitrogen and oxygen atoms in total. The van der Waals surface area contributed by atoms with Gasteiger partial charge in [-0.3, -0.25) is 0 Å². The van der Waals surface area contributed by atoms with E-state index in [0.717, 1.165) is 18.4 Å². The van der Waals surface area contributed by atoms with Crippen molar-refractivity contribution in [1.29, 1.82) is 0 Å². The van der Waals surface area contributed by atoms with E-state index in [9.17, 15) is 4.79 Å². The Bertz CT molecular complexity index is 693. The Morgan fingerprint density at radius 2 is 1.92 bits per heavy atom. The van der Waals surface area contributed by atoms with Gasteiger partial charge in [0.05, 0.1) is 6.04 Å². The SMILES string of the molecule is CC(C)(C)OC(=O)NC(c1c[nH]c2ccccc12)C1CCCCC1. The lowest BCUT2D eigenvalue weighted by atomic mass is 9.81. The Kier molecular flexibility index (Phi) is 4.83. The minimum atomic E-state index is -0.485. The van der Waals surface area contributed by atoms with Crippen LogP contribution in [0.3, 0.4) is 0 Å². The van der Waals surface area contributed by atoms with Crippen molar-refractivity contribution in [2.24, 2.45) is 5.92 Å². The first kappa shape index (κ1) is 16.9. The summed E-state index contributed by atoms with van der Waals surface area (Å²) in [6.45, 7) is 5.69. The fourth-order valence-corrected chi connectivity index (χ4v) is 3.70. The van der Waals surface area contributed by atoms with Crippen LogP contribution in [-0.2, 0) is 4.74 Å². The van der Waals surface area contributed by atoms with Crippen molar-refractivity contribution in [2.75, 3.05) is 0 Å². The number of ether oxygens (including phenoxy) is 1. The molecule has 24 heavy (non-hydrogen) atoms. The number of aromatic amines is 1. The topological polar surface area (TPSA) is 54.1 Å². The van der Waals surface area contributed by atoms with Crippen molar-refractivity contribution in [3.8, 4) is 0 Å². The summed E-state index contributed by atoms with van der Waals surface area (Å²) in [7, 11) is 0. The summed E-state index contributed by atoms with van der Waals surface area (Å²) in [5.74, 6) is 0.463. The number of para-hydroxylation sites is 1. The molecule has 130 valence electrons. The number of carbonyl (C=O) groups is 1. The third kappa shape index (κ3) is 3.92. The lowest BCUT2D eigenvalue weighted by molar-refractivity contribution is 0.0476. The van der Waals surface area contributed by atoms with Gasteiger partial charge in [-0.15, -0.1) is 0 Å². The van der Waals surface area contributed by atoms with Gasteiger partial charge in [0.2, 0.25) is 0 Å². The molecule has 4 heteroatoms. The van der Waals surface area contributed by atoms with Gasteiger partial charge in [-0.05, 0) is 45.6 Å². The highest BCUT2D eigenvalue weighted by Crippen LogP contribution is 2.37. The highest BCUT2D eigenvalue weighted by Gasteiger charge is 2.30. The van der Waals surface area contributed by atoms with Crippen molar-refractivity contribution in [1.82, 2.24) is 10.3 Å². The van der Waals surface area contributed by atoms with E-state index in [-0.39, 0.29) is 12.1 Å². The van der Waals surface area contributed by atoms with Crippen LogP contribution in [0.5, 0.6) is 0 Å².